The number of rotatable bonds is 2. The van der Waals surface area contributed by atoms with Gasteiger partial charge in [-0.3, -0.25) is 0 Å². The SMILES string of the molecule is Cc1cc(F)cc(C)c1C(Br)c1ccc(C(C)(C)C)cc1. The average molecular weight is 349 g/mol. The lowest BCUT2D eigenvalue weighted by Crippen LogP contribution is -2.11. The first-order valence-corrected chi connectivity index (χ1v) is 8.13. The molecular formula is C19H22BrF. The molecule has 2 aromatic carbocycles. The minimum Gasteiger partial charge on any atom is -0.207 e. The Labute approximate surface area is 135 Å². The second kappa shape index (κ2) is 5.92. The fraction of sp³-hybridized carbons (Fsp3) is 0.368. The van der Waals surface area contributed by atoms with Crippen LogP contribution in [0, 0.1) is 19.7 Å². The molecule has 0 saturated heterocycles. The van der Waals surface area contributed by atoms with Crippen LogP contribution >= 0.6 is 15.9 Å². The predicted octanol–water partition coefficient (Wildman–Crippen LogP) is 6.22. The van der Waals surface area contributed by atoms with Crippen LogP contribution in [-0.2, 0) is 5.41 Å². The molecule has 0 aromatic heterocycles. The van der Waals surface area contributed by atoms with E-state index in [9.17, 15) is 4.39 Å². The summed E-state index contributed by atoms with van der Waals surface area (Å²) in [4.78, 5) is 0.0899. The largest absolute Gasteiger partial charge is 0.207 e. The summed E-state index contributed by atoms with van der Waals surface area (Å²) >= 11 is 3.77. The Balaban J connectivity index is 2.39. The summed E-state index contributed by atoms with van der Waals surface area (Å²) in [6.45, 7) is 10.6. The van der Waals surface area contributed by atoms with E-state index >= 15 is 0 Å². The number of hydrogen-bond acceptors (Lipinski definition) is 0. The van der Waals surface area contributed by atoms with Crippen molar-refractivity contribution in [1.29, 1.82) is 0 Å². The third kappa shape index (κ3) is 3.55. The second-order valence-electron chi connectivity index (χ2n) is 6.69. The molecule has 0 aliphatic heterocycles. The van der Waals surface area contributed by atoms with Crippen LogP contribution in [0.2, 0.25) is 0 Å². The van der Waals surface area contributed by atoms with Gasteiger partial charge in [-0.1, -0.05) is 61.0 Å². The Hall–Kier alpha value is -1.15. The van der Waals surface area contributed by atoms with E-state index < -0.39 is 0 Å². The van der Waals surface area contributed by atoms with E-state index in [1.54, 1.807) is 12.1 Å². The van der Waals surface area contributed by atoms with Crippen LogP contribution in [0.4, 0.5) is 4.39 Å². The van der Waals surface area contributed by atoms with Crippen LogP contribution in [0.5, 0.6) is 0 Å². The maximum atomic E-state index is 13.4. The molecule has 0 spiro atoms. The minimum absolute atomic E-state index is 0.0899. The third-order valence-corrected chi connectivity index (χ3v) is 4.87. The minimum atomic E-state index is -0.170. The van der Waals surface area contributed by atoms with Gasteiger partial charge in [0.2, 0.25) is 0 Å². The maximum Gasteiger partial charge on any atom is 0.123 e. The van der Waals surface area contributed by atoms with Crippen LogP contribution in [0.15, 0.2) is 36.4 Å². The molecule has 21 heavy (non-hydrogen) atoms. The second-order valence-corrected chi connectivity index (χ2v) is 7.60. The van der Waals surface area contributed by atoms with Gasteiger partial charge in [0.15, 0.2) is 0 Å². The van der Waals surface area contributed by atoms with Gasteiger partial charge in [0, 0.05) is 0 Å². The number of halogens is 2. The van der Waals surface area contributed by atoms with E-state index in [0.29, 0.717) is 0 Å². The molecule has 2 aromatic rings. The third-order valence-electron chi connectivity index (χ3n) is 3.88. The van der Waals surface area contributed by atoms with Gasteiger partial charge in [0.1, 0.15) is 5.82 Å². The van der Waals surface area contributed by atoms with Crippen LogP contribution in [0.25, 0.3) is 0 Å². The van der Waals surface area contributed by atoms with Crippen molar-refractivity contribution in [3.8, 4) is 0 Å². The van der Waals surface area contributed by atoms with Crippen LogP contribution in [-0.4, -0.2) is 0 Å². The molecule has 2 rings (SSSR count). The molecule has 0 radical (unpaired) electrons. The first-order chi connectivity index (χ1) is 9.70. The molecule has 112 valence electrons. The molecule has 0 aliphatic rings. The van der Waals surface area contributed by atoms with Crippen molar-refractivity contribution < 1.29 is 4.39 Å². The van der Waals surface area contributed by atoms with Gasteiger partial charge < -0.3 is 0 Å². The van der Waals surface area contributed by atoms with Gasteiger partial charge >= 0.3 is 0 Å². The first-order valence-electron chi connectivity index (χ1n) is 7.21. The molecule has 1 unspecified atom stereocenters. The zero-order chi connectivity index (χ0) is 15.8. The van der Waals surface area contributed by atoms with Gasteiger partial charge in [-0.05, 0) is 59.2 Å². The Kier molecular flexibility index (Phi) is 4.57. The normalized spacial score (nSPS) is 13.3. The summed E-state index contributed by atoms with van der Waals surface area (Å²) in [5, 5.41) is 0. The lowest BCUT2D eigenvalue weighted by molar-refractivity contribution is 0.590. The van der Waals surface area contributed by atoms with Crippen molar-refractivity contribution in [3.63, 3.8) is 0 Å². The molecule has 0 bridgehead atoms. The van der Waals surface area contributed by atoms with E-state index in [1.807, 2.05) is 13.8 Å². The standard InChI is InChI=1S/C19H22BrF/c1-12-10-16(21)11-13(2)17(12)18(20)14-6-8-15(9-7-14)19(3,4)5/h6-11,18H,1-5H3. The van der Waals surface area contributed by atoms with Gasteiger partial charge in [0.25, 0.3) is 0 Å². The summed E-state index contributed by atoms with van der Waals surface area (Å²) < 4.78 is 13.4. The molecule has 0 amide bonds. The van der Waals surface area contributed by atoms with E-state index in [4.69, 9.17) is 0 Å². The lowest BCUT2D eigenvalue weighted by Gasteiger charge is -2.21. The lowest BCUT2D eigenvalue weighted by atomic mass is 9.86. The zero-order valence-electron chi connectivity index (χ0n) is 13.3. The summed E-state index contributed by atoms with van der Waals surface area (Å²) in [5.74, 6) is -0.170. The summed E-state index contributed by atoms with van der Waals surface area (Å²) in [6, 6.07) is 11.9. The first kappa shape index (κ1) is 16.2. The highest BCUT2D eigenvalue weighted by Crippen LogP contribution is 2.36. The van der Waals surface area contributed by atoms with Gasteiger partial charge in [-0.2, -0.15) is 0 Å². The van der Waals surface area contributed by atoms with Crippen molar-refractivity contribution >= 4 is 15.9 Å². The molecule has 0 saturated carbocycles. The van der Waals surface area contributed by atoms with Crippen LogP contribution in [0.3, 0.4) is 0 Å². The van der Waals surface area contributed by atoms with Crippen LogP contribution < -0.4 is 0 Å². The highest BCUT2D eigenvalue weighted by Gasteiger charge is 2.18. The fourth-order valence-corrected chi connectivity index (χ4v) is 3.67. The number of alkyl halides is 1. The number of hydrogen-bond donors (Lipinski definition) is 0. The molecule has 0 N–H and O–H groups in total. The van der Waals surface area contributed by atoms with Crippen molar-refractivity contribution in [3.05, 3.63) is 70.0 Å². The van der Waals surface area contributed by atoms with Crippen molar-refractivity contribution in [2.24, 2.45) is 0 Å². The molecule has 2 heteroatoms. The summed E-state index contributed by atoms with van der Waals surface area (Å²) in [5.41, 5.74) is 5.78. The summed E-state index contributed by atoms with van der Waals surface area (Å²) in [7, 11) is 0. The van der Waals surface area contributed by atoms with Crippen molar-refractivity contribution in [1.82, 2.24) is 0 Å². The van der Waals surface area contributed by atoms with Crippen molar-refractivity contribution in [2.75, 3.05) is 0 Å². The molecule has 0 heterocycles. The Morgan fingerprint density at radius 1 is 0.952 bits per heavy atom. The predicted molar refractivity (Wildman–Crippen MR) is 91.8 cm³/mol. The van der Waals surface area contributed by atoms with E-state index in [0.717, 1.165) is 16.7 Å². The molecule has 0 nitrogen and oxygen atoms in total. The van der Waals surface area contributed by atoms with Crippen LogP contribution in [0.1, 0.15) is 53.4 Å². The van der Waals surface area contributed by atoms with Gasteiger partial charge in [0.05, 0.1) is 4.83 Å². The monoisotopic (exact) mass is 348 g/mol. The quantitative estimate of drug-likeness (QED) is 0.564. The average Bonchev–Trinajstić information content (AvgIpc) is 2.36. The van der Waals surface area contributed by atoms with E-state index in [-0.39, 0.29) is 16.1 Å². The van der Waals surface area contributed by atoms with Crippen molar-refractivity contribution in [2.45, 2.75) is 44.9 Å². The topological polar surface area (TPSA) is 0 Å². The highest BCUT2D eigenvalue weighted by atomic mass is 79.9. The zero-order valence-corrected chi connectivity index (χ0v) is 14.9. The Morgan fingerprint density at radius 3 is 1.86 bits per heavy atom. The Morgan fingerprint density at radius 2 is 1.43 bits per heavy atom. The van der Waals surface area contributed by atoms with E-state index in [1.165, 1.54) is 11.1 Å². The highest BCUT2D eigenvalue weighted by molar-refractivity contribution is 9.09. The molecule has 0 aliphatic carbocycles. The maximum absolute atomic E-state index is 13.4. The Bertz CT molecular complexity index is 613. The smallest absolute Gasteiger partial charge is 0.123 e. The summed E-state index contributed by atoms with van der Waals surface area (Å²) in [6.07, 6.45) is 0. The molecular weight excluding hydrogens is 327 g/mol. The van der Waals surface area contributed by atoms with Gasteiger partial charge in [-0.15, -0.1) is 0 Å². The van der Waals surface area contributed by atoms with E-state index in [2.05, 4.69) is 61.0 Å². The number of aryl methyl sites for hydroxylation is 2. The fourth-order valence-electron chi connectivity index (χ4n) is 2.64. The number of benzene rings is 2. The van der Waals surface area contributed by atoms with Gasteiger partial charge in [-0.25, -0.2) is 4.39 Å². The molecule has 1 atom stereocenters. The molecule has 0 fully saturated rings.